The first kappa shape index (κ1) is 28.6. The Kier molecular flexibility index (Phi) is 6.70. The van der Waals surface area contributed by atoms with E-state index in [0.29, 0.717) is 22.1 Å². The highest BCUT2D eigenvalue weighted by atomic mass is 16.5. The Hall–Kier alpha value is -6.16. The Bertz CT molecular complexity index is 2120. The molecule has 228 valence electrons. The van der Waals surface area contributed by atoms with Crippen molar-refractivity contribution in [2.75, 3.05) is 13.2 Å². The van der Waals surface area contributed by atoms with Gasteiger partial charge in [-0.1, -0.05) is 72.8 Å². The molecular formula is C36H26N2O8. The predicted octanol–water partition coefficient (Wildman–Crippen LogP) is 6.11. The maximum atomic E-state index is 14.8. The van der Waals surface area contributed by atoms with Gasteiger partial charge in [0.05, 0.1) is 35.7 Å². The number of benzene rings is 4. The van der Waals surface area contributed by atoms with E-state index in [1.807, 2.05) is 36.4 Å². The van der Waals surface area contributed by atoms with Gasteiger partial charge in [0.2, 0.25) is 23.3 Å². The Morgan fingerprint density at radius 1 is 0.587 bits per heavy atom. The molecule has 0 saturated carbocycles. The van der Waals surface area contributed by atoms with Crippen LogP contribution in [-0.4, -0.2) is 56.1 Å². The Balaban J connectivity index is 1.61. The molecule has 2 heterocycles. The third kappa shape index (κ3) is 3.96. The molecule has 0 aliphatic heterocycles. The van der Waals surface area contributed by atoms with Crippen LogP contribution in [0.1, 0.15) is 66.7 Å². The molecular weight excluding hydrogens is 588 g/mol. The highest BCUT2D eigenvalue weighted by Crippen LogP contribution is 2.45. The predicted molar refractivity (Wildman–Crippen MR) is 169 cm³/mol. The molecule has 2 N–H and O–H groups in total. The van der Waals surface area contributed by atoms with Crippen LogP contribution in [0, 0.1) is 0 Å². The number of esters is 2. The smallest absolute Gasteiger partial charge is 0.344 e. The van der Waals surface area contributed by atoms with Gasteiger partial charge in [-0.05, 0) is 36.8 Å². The first-order valence-corrected chi connectivity index (χ1v) is 14.6. The van der Waals surface area contributed by atoms with E-state index in [0.717, 1.165) is 19.9 Å². The summed E-state index contributed by atoms with van der Waals surface area (Å²) in [6, 6.07) is 24.8. The summed E-state index contributed by atoms with van der Waals surface area (Å²) in [7, 11) is 0. The van der Waals surface area contributed by atoms with Crippen molar-refractivity contribution in [2.24, 2.45) is 0 Å². The minimum atomic E-state index is -1.02. The van der Waals surface area contributed by atoms with Crippen molar-refractivity contribution in [3.05, 3.63) is 119 Å². The fraction of sp³-hybridized carbons (Fsp3) is 0.111. The largest absolute Gasteiger partial charge is 0.494 e. The van der Waals surface area contributed by atoms with Gasteiger partial charge in [0.15, 0.2) is 0 Å². The van der Waals surface area contributed by atoms with Gasteiger partial charge in [0.25, 0.3) is 0 Å². The van der Waals surface area contributed by atoms with Crippen molar-refractivity contribution in [3.63, 3.8) is 0 Å². The van der Waals surface area contributed by atoms with Crippen LogP contribution in [0.2, 0.25) is 0 Å². The number of ketones is 2. The quantitative estimate of drug-likeness (QED) is 0.214. The lowest BCUT2D eigenvalue weighted by Crippen LogP contribution is -2.26. The lowest BCUT2D eigenvalue weighted by Gasteiger charge is -2.19. The van der Waals surface area contributed by atoms with Gasteiger partial charge >= 0.3 is 11.9 Å². The summed E-state index contributed by atoms with van der Waals surface area (Å²) in [5.41, 5.74) is -1.91. The molecule has 0 bridgehead atoms. The zero-order valence-electron chi connectivity index (χ0n) is 24.7. The Labute approximate surface area is 261 Å². The second kappa shape index (κ2) is 10.8. The molecule has 0 radical (unpaired) electrons. The maximum absolute atomic E-state index is 14.8. The van der Waals surface area contributed by atoms with Gasteiger partial charge in [-0.3, -0.25) is 18.7 Å². The van der Waals surface area contributed by atoms with E-state index in [4.69, 9.17) is 9.47 Å². The van der Waals surface area contributed by atoms with Crippen molar-refractivity contribution in [2.45, 2.75) is 13.8 Å². The molecule has 0 saturated heterocycles. The number of aromatic nitrogens is 2. The van der Waals surface area contributed by atoms with Gasteiger partial charge in [0.1, 0.15) is 22.5 Å². The molecule has 6 aromatic rings. The molecule has 0 fully saturated rings. The normalized spacial score (nSPS) is 12.3. The SMILES string of the molecule is CCOC(=O)c1c2c(n(-c3cccc4ccccc34)c1O)C(=O)c1c(C(=O)OCC)c(O)n(-c3cccc4ccccc34)c1C2=O. The zero-order valence-corrected chi connectivity index (χ0v) is 24.7. The number of fused-ring (bicyclic) bond motifs is 4. The molecule has 1 aliphatic rings. The van der Waals surface area contributed by atoms with Crippen molar-refractivity contribution < 1.29 is 38.9 Å². The topological polar surface area (TPSA) is 137 Å². The second-order valence-corrected chi connectivity index (χ2v) is 10.6. The third-order valence-electron chi connectivity index (χ3n) is 8.15. The third-order valence-corrected chi connectivity index (χ3v) is 8.15. The maximum Gasteiger partial charge on any atom is 0.344 e. The first-order valence-electron chi connectivity index (χ1n) is 14.6. The van der Waals surface area contributed by atoms with Crippen LogP contribution in [0.15, 0.2) is 84.9 Å². The van der Waals surface area contributed by atoms with Gasteiger partial charge in [-0.25, -0.2) is 9.59 Å². The summed E-state index contributed by atoms with van der Waals surface area (Å²) in [5.74, 6) is -5.13. The van der Waals surface area contributed by atoms with E-state index in [2.05, 4.69) is 0 Å². The molecule has 0 amide bonds. The molecule has 4 aromatic carbocycles. The summed E-state index contributed by atoms with van der Waals surface area (Å²) >= 11 is 0. The van der Waals surface area contributed by atoms with Crippen LogP contribution in [0.3, 0.4) is 0 Å². The van der Waals surface area contributed by atoms with E-state index < -0.39 is 57.5 Å². The van der Waals surface area contributed by atoms with Crippen molar-refractivity contribution >= 4 is 45.0 Å². The Morgan fingerprint density at radius 3 is 1.35 bits per heavy atom. The summed E-state index contributed by atoms with van der Waals surface area (Å²) in [5, 5.41) is 26.2. The number of carbonyl (C=O) groups is 4. The van der Waals surface area contributed by atoms with E-state index in [1.165, 1.54) is 0 Å². The van der Waals surface area contributed by atoms with E-state index in [1.54, 1.807) is 62.4 Å². The molecule has 2 aromatic heterocycles. The lowest BCUT2D eigenvalue weighted by molar-refractivity contribution is 0.0510. The summed E-state index contributed by atoms with van der Waals surface area (Å²) in [4.78, 5) is 56.3. The minimum absolute atomic E-state index is 0.0694. The molecule has 46 heavy (non-hydrogen) atoms. The second-order valence-electron chi connectivity index (χ2n) is 10.6. The molecule has 10 nitrogen and oxygen atoms in total. The van der Waals surface area contributed by atoms with Crippen LogP contribution >= 0.6 is 0 Å². The Morgan fingerprint density at radius 2 is 0.957 bits per heavy atom. The van der Waals surface area contributed by atoms with E-state index >= 15 is 0 Å². The average Bonchev–Trinajstić information content (AvgIpc) is 3.55. The minimum Gasteiger partial charge on any atom is -0.494 e. The molecule has 0 unspecified atom stereocenters. The zero-order chi connectivity index (χ0) is 32.3. The fourth-order valence-corrected chi connectivity index (χ4v) is 6.30. The van der Waals surface area contributed by atoms with Crippen LogP contribution < -0.4 is 0 Å². The number of ether oxygens (including phenoxy) is 2. The number of hydrogen-bond acceptors (Lipinski definition) is 8. The molecule has 0 spiro atoms. The van der Waals surface area contributed by atoms with Gasteiger partial charge in [0, 0.05) is 10.8 Å². The van der Waals surface area contributed by atoms with Crippen LogP contribution in [0.5, 0.6) is 11.8 Å². The highest BCUT2D eigenvalue weighted by Gasteiger charge is 2.47. The van der Waals surface area contributed by atoms with Gasteiger partial charge < -0.3 is 19.7 Å². The number of nitrogens with zero attached hydrogens (tertiary/aromatic N) is 2. The number of hydrogen-bond donors (Lipinski definition) is 2. The molecule has 10 heteroatoms. The fourth-order valence-electron chi connectivity index (χ4n) is 6.30. The monoisotopic (exact) mass is 614 g/mol. The average molecular weight is 615 g/mol. The molecule has 0 atom stereocenters. The lowest BCUT2D eigenvalue weighted by atomic mass is 9.88. The highest BCUT2D eigenvalue weighted by molar-refractivity contribution is 6.33. The van der Waals surface area contributed by atoms with E-state index in [9.17, 15) is 29.4 Å². The molecule has 7 rings (SSSR count). The standard InChI is InChI=1S/C36H26N2O8/c1-3-45-35(43)27-25-29(37(33(27)41)23-17-9-13-19-11-5-7-15-21(19)23)32(40)26-28(36(44)46-4-2)34(42)38(30(26)31(25)39)24-18-10-14-20-12-6-8-16-22(20)24/h5-18,41-42H,3-4H2,1-2H3. The van der Waals surface area contributed by atoms with Crippen LogP contribution in [0.4, 0.5) is 0 Å². The first-order chi connectivity index (χ1) is 22.3. The summed E-state index contributed by atoms with van der Waals surface area (Å²) < 4.78 is 12.8. The summed E-state index contributed by atoms with van der Waals surface area (Å²) in [6.07, 6.45) is 0. The van der Waals surface area contributed by atoms with Gasteiger partial charge in [-0.15, -0.1) is 0 Å². The van der Waals surface area contributed by atoms with Crippen LogP contribution in [0.25, 0.3) is 32.9 Å². The summed E-state index contributed by atoms with van der Waals surface area (Å²) in [6.45, 7) is 3.01. The number of rotatable bonds is 6. The molecule has 1 aliphatic carbocycles. The number of carbonyl (C=O) groups excluding carboxylic acids is 4. The van der Waals surface area contributed by atoms with Crippen molar-refractivity contribution in [1.29, 1.82) is 0 Å². The van der Waals surface area contributed by atoms with Crippen LogP contribution in [-0.2, 0) is 9.47 Å². The van der Waals surface area contributed by atoms with E-state index in [-0.39, 0.29) is 24.6 Å². The van der Waals surface area contributed by atoms with Crippen molar-refractivity contribution in [1.82, 2.24) is 9.13 Å². The van der Waals surface area contributed by atoms with Gasteiger partial charge in [-0.2, -0.15) is 0 Å². The number of aromatic hydroxyl groups is 2. The van der Waals surface area contributed by atoms with Crippen molar-refractivity contribution in [3.8, 4) is 23.1 Å².